The van der Waals surface area contributed by atoms with Crippen LogP contribution >= 0.6 is 0 Å². The number of fused-ring (bicyclic) bond motifs is 12. The quantitative estimate of drug-likeness (QED) is 0.0167. The number of hydrogen-bond donors (Lipinski definition) is 13. The molecule has 13 aromatic carbocycles. The van der Waals surface area contributed by atoms with Crippen LogP contribution in [0.2, 0.25) is 0 Å². The van der Waals surface area contributed by atoms with Crippen molar-refractivity contribution in [3.8, 4) is 78.6 Å². The van der Waals surface area contributed by atoms with Gasteiger partial charge in [-0.05, 0) is 247 Å². The average Bonchev–Trinajstić information content (AvgIpc) is 1.63. The summed E-state index contributed by atoms with van der Waals surface area (Å²) in [5.41, 5.74) is 36.5. The molecule has 27 heteroatoms. The summed E-state index contributed by atoms with van der Waals surface area (Å²) in [5.74, 6) is -3.45. The van der Waals surface area contributed by atoms with E-state index < -0.39 is 54.8 Å². The Hall–Kier alpha value is -16.4. The molecule has 0 bridgehead atoms. The molecule has 13 aromatic rings. The van der Waals surface area contributed by atoms with Crippen LogP contribution in [0.3, 0.4) is 0 Å². The Balaban J connectivity index is 0.000000150. The maximum Gasteiger partial charge on any atom is 0.329 e. The summed E-state index contributed by atoms with van der Waals surface area (Å²) >= 11 is 0. The fourth-order valence-electron chi connectivity index (χ4n) is 18.5. The van der Waals surface area contributed by atoms with E-state index in [9.17, 15) is 63.3 Å². The van der Waals surface area contributed by atoms with E-state index in [1.807, 2.05) is 212 Å². The summed E-state index contributed by atoms with van der Waals surface area (Å²) in [5, 5.41) is 63.9. The molecule has 0 saturated heterocycles. The molecule has 15 N–H and O–H groups in total. The molecule has 0 spiro atoms. The fourth-order valence-corrected chi connectivity index (χ4v) is 18.5. The molecule has 4 aliphatic rings. The number of ether oxygens (including phenoxy) is 4. The van der Waals surface area contributed by atoms with E-state index >= 15 is 0 Å². The number of rotatable bonds is 34. The first-order valence-corrected chi connectivity index (χ1v) is 46.1. The molecule has 0 fully saturated rings. The number of carboxylic acid groups (broad SMARTS) is 3. The van der Waals surface area contributed by atoms with Crippen LogP contribution in [0.5, 0.6) is 23.0 Å². The maximum absolute atomic E-state index is 13.4. The molecule has 4 aliphatic carbocycles. The number of phenolic OH excluding ortho intramolecular Hbond substituents is 2. The lowest BCUT2D eigenvalue weighted by Gasteiger charge is -2.19. The first-order valence-electron chi connectivity index (χ1n) is 46.1. The number of esters is 1. The van der Waals surface area contributed by atoms with Crippen molar-refractivity contribution in [2.45, 2.75) is 133 Å². The zero-order valence-electron chi connectivity index (χ0n) is 77.9. The summed E-state index contributed by atoms with van der Waals surface area (Å²) in [6.07, 6.45) is 2.81. The van der Waals surface area contributed by atoms with Crippen LogP contribution in [0.1, 0.15) is 150 Å². The van der Waals surface area contributed by atoms with Crippen molar-refractivity contribution < 1.29 is 92.4 Å². The second-order valence-electron chi connectivity index (χ2n) is 34.6. The number of benzene rings is 13. The highest BCUT2D eigenvalue weighted by Gasteiger charge is 2.36. The van der Waals surface area contributed by atoms with Crippen LogP contribution in [-0.4, -0.2) is 136 Å². The molecule has 8 atom stereocenters. The van der Waals surface area contributed by atoms with E-state index in [2.05, 4.69) is 62.2 Å². The number of nitrogens with one attached hydrogen (secondary N) is 6. The standard InChI is InChI=1S/C35H34N2O7.C29H30N2O5.C25H24N2O3.C24H22N2O4/c1-20(38)36-32(16-21-4-8-24(39)9-5-21)35(42)37-23-7-12-28-27-11-6-22(26-13-10-25(43-2)19-33(26)44-3)17-30(27)29(31(28)18-23)14-15-34(40)41;1-3-36-28(34)15-14-25-23-7-5-4-6-22(23)24-13-10-20(17-26(24)25)31-29(35)27(30-18(2)32)16-19-8-11-21(33)12-9-19;26-23(14-16-6-2-1-3-7-16)25(30)27-17-10-11-20-18-8-4-5-9-19(18)21(22(20)15-17)12-13-24(28)29;25-21(12-15-6-2-1-3-7-15)24(29)26-16-10-11-18-17-8-4-5-9-19(17)23(20(18)13-16)30-14-22(27)28/h4-13,17-19,29,32,39H,14-16H2,1-3H3,(H,36,38)(H,37,42)(H,40,41);4-13,17,25,27,33H,3,14-16H2,1-2H3,(H,30,32)(H,31,35);1-11,15,21,23H,12-14,26H2,(H,27,30)(H,28,29);1-11,13,21,23H,12,14,25H2,(H,26,29)(H,27,28)/t29?,32-;25?,27-;21?,23-;21-,23?/m0000/s1. The lowest BCUT2D eigenvalue weighted by atomic mass is 9.90. The topological polar surface area (TPSA) is 433 Å². The van der Waals surface area contributed by atoms with E-state index in [-0.39, 0.29) is 96.3 Å². The van der Waals surface area contributed by atoms with Crippen LogP contribution < -0.4 is 52.8 Å². The van der Waals surface area contributed by atoms with E-state index in [1.165, 1.54) is 26.0 Å². The van der Waals surface area contributed by atoms with Crippen molar-refractivity contribution in [3.63, 3.8) is 0 Å². The molecular weight excluding hydrogens is 1770 g/mol. The van der Waals surface area contributed by atoms with Gasteiger partial charge in [0.15, 0.2) is 0 Å². The van der Waals surface area contributed by atoms with Crippen LogP contribution in [0.4, 0.5) is 22.7 Å². The molecule has 27 nitrogen and oxygen atoms in total. The molecule has 0 saturated carbocycles. The van der Waals surface area contributed by atoms with Gasteiger partial charge in [-0.25, -0.2) is 4.79 Å². The number of methoxy groups -OCH3 is 2. The molecule has 17 rings (SSSR count). The van der Waals surface area contributed by atoms with Gasteiger partial charge >= 0.3 is 23.9 Å². The third-order valence-corrected chi connectivity index (χ3v) is 24.9. The summed E-state index contributed by atoms with van der Waals surface area (Å²) in [6.45, 7) is 4.47. The molecule has 0 radical (unpaired) electrons. The number of hydrogen-bond acceptors (Lipinski definition) is 18. The fraction of sp³-hybridized carbons (Fsp3) is 0.221. The maximum atomic E-state index is 13.4. The summed E-state index contributed by atoms with van der Waals surface area (Å²) in [4.78, 5) is 121. The molecule has 0 aromatic heterocycles. The summed E-state index contributed by atoms with van der Waals surface area (Å²) in [6, 6.07) is 87.9. The van der Waals surface area contributed by atoms with Gasteiger partial charge in [0.2, 0.25) is 35.4 Å². The van der Waals surface area contributed by atoms with E-state index in [0.29, 0.717) is 79.4 Å². The second kappa shape index (κ2) is 46.5. The number of amides is 6. The Morgan fingerprint density at radius 1 is 0.343 bits per heavy atom. The van der Waals surface area contributed by atoms with Gasteiger partial charge in [-0.15, -0.1) is 0 Å². The van der Waals surface area contributed by atoms with Gasteiger partial charge in [0.05, 0.1) is 32.9 Å². The van der Waals surface area contributed by atoms with Crippen molar-refractivity contribution in [2.24, 2.45) is 11.5 Å². The Bertz CT molecular complexity index is 6560. The number of aliphatic carboxylic acids is 3. The van der Waals surface area contributed by atoms with Gasteiger partial charge in [0, 0.05) is 98.1 Å². The molecule has 0 heterocycles. The average molecular weight is 1880 g/mol. The van der Waals surface area contributed by atoms with Crippen molar-refractivity contribution in [1.29, 1.82) is 0 Å². The van der Waals surface area contributed by atoms with Crippen molar-refractivity contribution in [2.75, 3.05) is 48.7 Å². The van der Waals surface area contributed by atoms with Crippen molar-refractivity contribution in [1.82, 2.24) is 10.6 Å². The number of aromatic hydroxyl groups is 2. The Kier molecular flexibility index (Phi) is 33.1. The molecule has 6 amide bonds. The third kappa shape index (κ3) is 25.1. The molecule has 716 valence electrons. The summed E-state index contributed by atoms with van der Waals surface area (Å²) in [7, 11) is 3.20. The Morgan fingerprint density at radius 2 is 0.693 bits per heavy atom. The second-order valence-corrected chi connectivity index (χ2v) is 34.6. The number of carboxylic acids is 3. The molecule has 0 aliphatic heterocycles. The predicted octanol–water partition coefficient (Wildman–Crippen LogP) is 17.8. The van der Waals surface area contributed by atoms with Crippen molar-refractivity contribution >= 4 is 82.1 Å². The summed E-state index contributed by atoms with van der Waals surface area (Å²) < 4.78 is 21.8. The van der Waals surface area contributed by atoms with Gasteiger partial charge in [-0.2, -0.15) is 0 Å². The third-order valence-electron chi connectivity index (χ3n) is 24.9. The highest BCUT2D eigenvalue weighted by Crippen LogP contribution is 2.53. The van der Waals surface area contributed by atoms with Crippen LogP contribution in [-0.2, 0) is 83.1 Å². The zero-order valence-corrected chi connectivity index (χ0v) is 77.9. The number of carbonyl (C=O) groups excluding carboxylic acids is 7. The first-order chi connectivity index (χ1) is 67.6. The SMILES string of the molecule is CCOC(=O)CCC1c2ccccc2-c2ccc(NC(=O)[C@H](Cc3ccc(O)cc3)NC(C)=O)cc21.COc1ccc(-c2ccc3c(c2)C(CCC(=O)O)c2cc(NC(=O)[C@H](Cc4ccc(O)cc4)NC(C)=O)ccc2-3)c(OC)c1.N[C@@H](Cc1ccccc1)C(=O)Nc1ccc2c(c1)C(CCC(=O)O)c1ccccc1-2.N[C@@H](Cc1ccccc1)C(=O)Nc1ccc2c(c1)C(OCC(=O)O)c1ccccc1-2. The zero-order chi connectivity index (χ0) is 99.2. The first kappa shape index (κ1) is 99.6. The predicted molar refractivity (Wildman–Crippen MR) is 536 cm³/mol. The van der Waals surface area contributed by atoms with Gasteiger partial charge in [-0.3, -0.25) is 43.2 Å². The van der Waals surface area contributed by atoms with E-state index in [1.54, 1.807) is 57.5 Å². The van der Waals surface area contributed by atoms with Gasteiger partial charge < -0.3 is 87.8 Å². The molecule has 4 unspecified atom stereocenters. The minimum absolute atomic E-state index is 0.00199. The smallest absolute Gasteiger partial charge is 0.329 e. The minimum atomic E-state index is -1.03. The lowest BCUT2D eigenvalue weighted by Crippen LogP contribution is -2.44. The van der Waals surface area contributed by atoms with Gasteiger partial charge in [0.1, 0.15) is 47.8 Å². The van der Waals surface area contributed by atoms with Crippen LogP contribution in [0.15, 0.2) is 291 Å². The number of phenols is 2. The Morgan fingerprint density at radius 3 is 1.10 bits per heavy atom. The monoisotopic (exact) mass is 1880 g/mol. The Labute approximate surface area is 810 Å². The molecular formula is C113H110N8O19. The number of carbonyl (C=O) groups is 10. The number of anilines is 4. The lowest BCUT2D eigenvalue weighted by molar-refractivity contribution is -0.144. The van der Waals surface area contributed by atoms with Gasteiger partial charge in [0.25, 0.3) is 0 Å². The number of nitrogens with two attached hydrogens (primary N) is 2. The van der Waals surface area contributed by atoms with Gasteiger partial charge in [-0.1, -0.05) is 194 Å². The normalized spacial score (nSPS) is 14.5. The largest absolute Gasteiger partial charge is 0.508 e. The molecule has 140 heavy (non-hydrogen) atoms. The minimum Gasteiger partial charge on any atom is -0.508 e. The van der Waals surface area contributed by atoms with Crippen LogP contribution in [0.25, 0.3) is 55.6 Å². The highest BCUT2D eigenvalue weighted by molar-refractivity contribution is 6.01. The van der Waals surface area contributed by atoms with Crippen molar-refractivity contribution in [3.05, 3.63) is 358 Å². The van der Waals surface area contributed by atoms with Crippen LogP contribution in [0, 0.1) is 0 Å². The highest BCUT2D eigenvalue weighted by atomic mass is 16.5. The van der Waals surface area contributed by atoms with E-state index in [0.717, 1.165) is 122 Å². The van der Waals surface area contributed by atoms with E-state index in [4.69, 9.17) is 40.6 Å².